The molecule has 1 aromatic heterocycles. The van der Waals surface area contributed by atoms with Gasteiger partial charge in [0.05, 0.1) is 0 Å². The molecule has 1 atom stereocenters. The fourth-order valence-electron chi connectivity index (χ4n) is 3.05. The minimum Gasteiger partial charge on any atom is -0.419 e. The van der Waals surface area contributed by atoms with E-state index in [1.54, 1.807) is 0 Å². The summed E-state index contributed by atoms with van der Waals surface area (Å²) in [6.45, 7) is 0.768. The second kappa shape index (κ2) is 8.83. The summed E-state index contributed by atoms with van der Waals surface area (Å²) in [7, 11) is 0. The first kappa shape index (κ1) is 18.4. The van der Waals surface area contributed by atoms with Crippen LogP contribution in [0.25, 0.3) is 11.5 Å². The predicted octanol–water partition coefficient (Wildman–Crippen LogP) is 5.31. The first-order chi connectivity index (χ1) is 13.8. The Kier molecular flexibility index (Phi) is 5.80. The van der Waals surface area contributed by atoms with E-state index in [0.717, 1.165) is 29.1 Å². The van der Waals surface area contributed by atoms with Crippen molar-refractivity contribution in [2.75, 3.05) is 6.54 Å². The third kappa shape index (κ3) is 4.47. The molecule has 0 saturated carbocycles. The fourth-order valence-corrected chi connectivity index (χ4v) is 3.18. The number of hydrogen-bond donors (Lipinski definition) is 1. The molecule has 3 aromatic carbocycles. The van der Waals surface area contributed by atoms with Crippen LogP contribution in [0.5, 0.6) is 0 Å². The van der Waals surface area contributed by atoms with Crippen LogP contribution in [0, 0.1) is 0 Å². The van der Waals surface area contributed by atoms with Crippen molar-refractivity contribution in [2.45, 2.75) is 12.5 Å². The van der Waals surface area contributed by atoms with E-state index in [0.29, 0.717) is 11.8 Å². The Labute approximate surface area is 169 Å². The number of nitrogens with one attached hydrogen (secondary N) is 1. The maximum atomic E-state index is 6.00. The summed E-state index contributed by atoms with van der Waals surface area (Å²) in [5.74, 6) is 1.08. The smallest absolute Gasteiger partial charge is 0.247 e. The van der Waals surface area contributed by atoms with Gasteiger partial charge in [0.1, 0.15) is 6.04 Å². The molecule has 0 fully saturated rings. The molecule has 28 heavy (non-hydrogen) atoms. The highest BCUT2D eigenvalue weighted by molar-refractivity contribution is 6.30. The van der Waals surface area contributed by atoms with Gasteiger partial charge in [0.2, 0.25) is 11.8 Å². The molecule has 140 valence electrons. The van der Waals surface area contributed by atoms with Crippen LogP contribution in [0.4, 0.5) is 0 Å². The third-order valence-electron chi connectivity index (χ3n) is 4.52. The molecule has 0 aliphatic carbocycles. The Hall–Kier alpha value is -2.95. The lowest BCUT2D eigenvalue weighted by Crippen LogP contribution is -2.25. The fraction of sp³-hybridized carbons (Fsp3) is 0.130. The summed E-state index contributed by atoms with van der Waals surface area (Å²) in [4.78, 5) is 0. The topological polar surface area (TPSA) is 51.0 Å². The zero-order chi connectivity index (χ0) is 19.2. The number of hydrogen-bond acceptors (Lipinski definition) is 4. The SMILES string of the molecule is Clc1ccc(CCN[C@H](c2ccccc2)c2nnc(-c3ccccc3)o2)cc1. The normalized spacial score (nSPS) is 12.0. The lowest BCUT2D eigenvalue weighted by Gasteiger charge is -2.15. The summed E-state index contributed by atoms with van der Waals surface area (Å²) in [6.07, 6.45) is 0.875. The number of benzene rings is 3. The molecule has 0 amide bonds. The molecule has 0 bridgehead atoms. The van der Waals surface area contributed by atoms with Gasteiger partial charge in [-0.1, -0.05) is 72.3 Å². The Balaban J connectivity index is 1.53. The first-order valence-corrected chi connectivity index (χ1v) is 9.59. The molecule has 4 nitrogen and oxygen atoms in total. The van der Waals surface area contributed by atoms with Gasteiger partial charge in [-0.2, -0.15) is 0 Å². The van der Waals surface area contributed by atoms with Gasteiger partial charge in [-0.05, 0) is 41.8 Å². The van der Waals surface area contributed by atoms with E-state index in [2.05, 4.69) is 27.6 Å². The molecule has 1 N–H and O–H groups in total. The molecule has 0 radical (unpaired) electrons. The largest absolute Gasteiger partial charge is 0.419 e. The summed E-state index contributed by atoms with van der Waals surface area (Å²) < 4.78 is 6.00. The molecule has 4 aromatic rings. The Morgan fingerprint density at radius 3 is 2.21 bits per heavy atom. The van der Waals surface area contributed by atoms with Crippen molar-refractivity contribution < 1.29 is 4.42 Å². The van der Waals surface area contributed by atoms with Gasteiger partial charge in [0.15, 0.2) is 0 Å². The average molecular weight is 390 g/mol. The van der Waals surface area contributed by atoms with Gasteiger partial charge in [0, 0.05) is 17.1 Å². The van der Waals surface area contributed by atoms with Crippen LogP contribution in [0.3, 0.4) is 0 Å². The van der Waals surface area contributed by atoms with Crippen molar-refractivity contribution in [1.82, 2.24) is 15.5 Å². The van der Waals surface area contributed by atoms with Crippen LogP contribution < -0.4 is 5.32 Å². The van der Waals surface area contributed by atoms with Gasteiger partial charge in [-0.3, -0.25) is 0 Å². The summed E-state index contributed by atoms with van der Waals surface area (Å²) in [6, 6.07) is 27.7. The summed E-state index contributed by atoms with van der Waals surface area (Å²) >= 11 is 5.97. The quantitative estimate of drug-likeness (QED) is 0.465. The highest BCUT2D eigenvalue weighted by Crippen LogP contribution is 2.25. The minimum atomic E-state index is -0.168. The first-order valence-electron chi connectivity index (χ1n) is 9.21. The van der Waals surface area contributed by atoms with Crippen molar-refractivity contribution in [3.63, 3.8) is 0 Å². The lowest BCUT2D eigenvalue weighted by atomic mass is 10.1. The van der Waals surface area contributed by atoms with Gasteiger partial charge in [-0.15, -0.1) is 10.2 Å². The molecule has 0 spiro atoms. The molecular formula is C23H20ClN3O. The number of halogens is 1. The van der Waals surface area contributed by atoms with Crippen LogP contribution >= 0.6 is 11.6 Å². The average Bonchev–Trinajstić information content (AvgIpc) is 3.24. The molecule has 0 aliphatic heterocycles. The van der Waals surface area contributed by atoms with E-state index < -0.39 is 0 Å². The standard InChI is InChI=1S/C23H20ClN3O/c24-20-13-11-17(12-14-20)15-16-25-21(18-7-3-1-4-8-18)23-27-26-22(28-23)19-9-5-2-6-10-19/h1-14,21,25H,15-16H2/t21-/m1/s1. The second-order valence-corrected chi connectivity index (χ2v) is 6.92. The molecule has 0 aliphatic rings. The van der Waals surface area contributed by atoms with Crippen molar-refractivity contribution in [2.24, 2.45) is 0 Å². The number of nitrogens with zero attached hydrogens (tertiary/aromatic N) is 2. The predicted molar refractivity (Wildman–Crippen MR) is 111 cm³/mol. The molecule has 5 heteroatoms. The summed E-state index contributed by atoms with van der Waals surface area (Å²) in [5.41, 5.74) is 3.22. The van der Waals surface area contributed by atoms with Gasteiger partial charge >= 0.3 is 0 Å². The van der Waals surface area contributed by atoms with Crippen molar-refractivity contribution in [3.8, 4) is 11.5 Å². The lowest BCUT2D eigenvalue weighted by molar-refractivity contribution is 0.440. The van der Waals surface area contributed by atoms with Crippen molar-refractivity contribution in [1.29, 1.82) is 0 Å². The summed E-state index contributed by atoms with van der Waals surface area (Å²) in [5, 5.41) is 12.8. The van der Waals surface area contributed by atoms with Crippen LogP contribution in [0.15, 0.2) is 89.3 Å². The van der Waals surface area contributed by atoms with Gasteiger partial charge in [-0.25, -0.2) is 0 Å². The van der Waals surface area contributed by atoms with Crippen LogP contribution in [-0.4, -0.2) is 16.7 Å². The van der Waals surface area contributed by atoms with Crippen LogP contribution in [-0.2, 0) is 6.42 Å². The van der Waals surface area contributed by atoms with E-state index in [4.69, 9.17) is 16.0 Å². The number of aromatic nitrogens is 2. The third-order valence-corrected chi connectivity index (χ3v) is 4.77. The Bertz CT molecular complexity index is 1000. The molecule has 0 unspecified atom stereocenters. The monoisotopic (exact) mass is 389 g/mol. The van der Waals surface area contributed by atoms with E-state index in [1.165, 1.54) is 5.56 Å². The zero-order valence-electron chi connectivity index (χ0n) is 15.3. The van der Waals surface area contributed by atoms with E-state index in [9.17, 15) is 0 Å². The molecular weight excluding hydrogens is 370 g/mol. The maximum absolute atomic E-state index is 6.00. The van der Waals surface area contributed by atoms with E-state index in [1.807, 2.05) is 72.8 Å². The van der Waals surface area contributed by atoms with E-state index in [-0.39, 0.29) is 6.04 Å². The molecule has 1 heterocycles. The second-order valence-electron chi connectivity index (χ2n) is 6.49. The number of rotatable bonds is 7. The maximum Gasteiger partial charge on any atom is 0.247 e. The highest BCUT2D eigenvalue weighted by Gasteiger charge is 2.20. The Morgan fingerprint density at radius 2 is 1.50 bits per heavy atom. The zero-order valence-corrected chi connectivity index (χ0v) is 16.0. The van der Waals surface area contributed by atoms with Crippen molar-refractivity contribution >= 4 is 11.6 Å². The van der Waals surface area contributed by atoms with Crippen LogP contribution in [0.1, 0.15) is 23.1 Å². The van der Waals surface area contributed by atoms with Crippen LogP contribution in [0.2, 0.25) is 5.02 Å². The molecule has 0 saturated heterocycles. The van der Waals surface area contributed by atoms with Gasteiger partial charge in [0.25, 0.3) is 0 Å². The highest BCUT2D eigenvalue weighted by atomic mass is 35.5. The minimum absolute atomic E-state index is 0.168. The molecule has 4 rings (SSSR count). The van der Waals surface area contributed by atoms with Gasteiger partial charge < -0.3 is 9.73 Å². The van der Waals surface area contributed by atoms with E-state index >= 15 is 0 Å². The van der Waals surface area contributed by atoms with Crippen molar-refractivity contribution in [3.05, 3.63) is 107 Å². The Morgan fingerprint density at radius 1 is 0.821 bits per heavy atom.